The quantitative estimate of drug-likeness (QED) is 0.379. The SMILES string of the molecule is COc1ccc2sc(/N=C(\C)c3cc(Br)cc(I)c3O)nc2c1. The molecule has 2 aromatic carbocycles. The molecule has 1 N–H and O–H groups in total. The summed E-state index contributed by atoms with van der Waals surface area (Å²) in [5.41, 5.74) is 2.27. The highest BCUT2D eigenvalue weighted by Crippen LogP contribution is 2.33. The number of benzene rings is 2. The number of aliphatic imine (C=N–C) groups is 1. The Morgan fingerprint density at radius 1 is 1.35 bits per heavy atom. The first kappa shape index (κ1) is 16.7. The second-order valence-electron chi connectivity index (χ2n) is 4.81. The maximum Gasteiger partial charge on any atom is 0.210 e. The highest BCUT2D eigenvalue weighted by molar-refractivity contribution is 14.1. The first-order valence-electron chi connectivity index (χ1n) is 6.66. The van der Waals surface area contributed by atoms with Crippen LogP contribution in [0.15, 0.2) is 39.8 Å². The highest BCUT2D eigenvalue weighted by atomic mass is 127. The van der Waals surface area contributed by atoms with Crippen molar-refractivity contribution < 1.29 is 9.84 Å². The number of hydrogen-bond acceptors (Lipinski definition) is 5. The van der Waals surface area contributed by atoms with Crippen LogP contribution >= 0.6 is 49.9 Å². The van der Waals surface area contributed by atoms with Crippen LogP contribution in [-0.2, 0) is 0 Å². The van der Waals surface area contributed by atoms with Crippen molar-refractivity contribution in [3.63, 3.8) is 0 Å². The van der Waals surface area contributed by atoms with E-state index in [-0.39, 0.29) is 5.75 Å². The van der Waals surface area contributed by atoms with Gasteiger partial charge in [-0.1, -0.05) is 27.3 Å². The predicted octanol–water partition coefficient (Wildman–Crippen LogP) is 5.52. The minimum atomic E-state index is 0.234. The smallest absolute Gasteiger partial charge is 0.210 e. The number of halogens is 2. The summed E-state index contributed by atoms with van der Waals surface area (Å²) in [4.78, 5) is 9.08. The third-order valence-corrected chi connectivity index (χ3v) is 5.48. The Balaban J connectivity index is 2.04. The molecule has 118 valence electrons. The number of hydrogen-bond donors (Lipinski definition) is 1. The molecule has 0 saturated carbocycles. The molecule has 0 bridgehead atoms. The van der Waals surface area contributed by atoms with Gasteiger partial charge in [-0.25, -0.2) is 9.98 Å². The average Bonchev–Trinajstić information content (AvgIpc) is 2.91. The molecule has 0 aliphatic heterocycles. The molecular formula is C16H12BrIN2O2S. The summed E-state index contributed by atoms with van der Waals surface area (Å²) in [6.45, 7) is 1.87. The Kier molecular flexibility index (Phi) is 4.88. The Morgan fingerprint density at radius 2 is 2.13 bits per heavy atom. The molecule has 0 atom stereocenters. The monoisotopic (exact) mass is 502 g/mol. The third kappa shape index (κ3) is 3.51. The zero-order chi connectivity index (χ0) is 16.6. The van der Waals surface area contributed by atoms with Crippen molar-refractivity contribution >= 4 is 70.9 Å². The van der Waals surface area contributed by atoms with Gasteiger partial charge in [0.1, 0.15) is 11.5 Å². The van der Waals surface area contributed by atoms with Crippen LogP contribution in [0.2, 0.25) is 0 Å². The third-order valence-electron chi connectivity index (χ3n) is 3.26. The lowest BCUT2D eigenvalue weighted by atomic mass is 10.1. The zero-order valence-corrected chi connectivity index (χ0v) is 16.9. The fourth-order valence-electron chi connectivity index (χ4n) is 2.12. The molecular weight excluding hydrogens is 491 g/mol. The first-order valence-corrected chi connectivity index (χ1v) is 9.35. The number of aromatic nitrogens is 1. The predicted molar refractivity (Wildman–Crippen MR) is 107 cm³/mol. The van der Waals surface area contributed by atoms with Crippen LogP contribution < -0.4 is 4.74 Å². The van der Waals surface area contributed by atoms with Crippen molar-refractivity contribution in [2.24, 2.45) is 4.99 Å². The fraction of sp³-hybridized carbons (Fsp3) is 0.125. The summed E-state index contributed by atoms with van der Waals surface area (Å²) in [7, 11) is 1.63. The van der Waals surface area contributed by atoms with Gasteiger partial charge in [0.25, 0.3) is 0 Å². The Hall–Kier alpha value is -1.19. The molecule has 0 aliphatic rings. The second kappa shape index (κ2) is 6.74. The van der Waals surface area contributed by atoms with E-state index in [4.69, 9.17) is 4.74 Å². The minimum absolute atomic E-state index is 0.234. The van der Waals surface area contributed by atoms with E-state index in [0.717, 1.165) is 24.0 Å². The van der Waals surface area contributed by atoms with Gasteiger partial charge in [-0.3, -0.25) is 0 Å². The lowest BCUT2D eigenvalue weighted by Gasteiger charge is -2.06. The van der Waals surface area contributed by atoms with Crippen molar-refractivity contribution in [3.8, 4) is 11.5 Å². The summed E-state index contributed by atoms with van der Waals surface area (Å²) in [6, 6.07) is 9.48. The van der Waals surface area contributed by atoms with Crippen LogP contribution in [0, 0.1) is 3.57 Å². The largest absolute Gasteiger partial charge is 0.506 e. The lowest BCUT2D eigenvalue weighted by molar-refractivity contribution is 0.415. The van der Waals surface area contributed by atoms with Gasteiger partial charge in [0.2, 0.25) is 5.13 Å². The molecule has 0 amide bonds. The second-order valence-corrected chi connectivity index (χ2v) is 7.90. The molecule has 0 unspecified atom stereocenters. The van der Waals surface area contributed by atoms with E-state index in [2.05, 4.69) is 48.5 Å². The van der Waals surface area contributed by atoms with E-state index in [9.17, 15) is 5.11 Å². The topological polar surface area (TPSA) is 54.7 Å². The lowest BCUT2D eigenvalue weighted by Crippen LogP contribution is -1.96. The van der Waals surface area contributed by atoms with Gasteiger partial charge in [0, 0.05) is 16.1 Å². The first-order chi connectivity index (χ1) is 11.0. The average molecular weight is 503 g/mol. The molecule has 0 radical (unpaired) electrons. The maximum atomic E-state index is 10.2. The van der Waals surface area contributed by atoms with E-state index in [1.165, 1.54) is 11.3 Å². The van der Waals surface area contributed by atoms with Gasteiger partial charge in [-0.15, -0.1) is 0 Å². The number of nitrogens with zero attached hydrogens (tertiary/aromatic N) is 2. The summed E-state index contributed by atoms with van der Waals surface area (Å²) in [6.07, 6.45) is 0. The van der Waals surface area contributed by atoms with Gasteiger partial charge < -0.3 is 9.84 Å². The van der Waals surface area contributed by atoms with Crippen molar-refractivity contribution in [1.82, 2.24) is 4.98 Å². The molecule has 4 nitrogen and oxygen atoms in total. The molecule has 0 spiro atoms. The number of fused-ring (bicyclic) bond motifs is 1. The number of phenols is 1. The Labute approximate surface area is 159 Å². The number of thiazole rings is 1. The van der Waals surface area contributed by atoms with Crippen molar-refractivity contribution in [2.75, 3.05) is 7.11 Å². The van der Waals surface area contributed by atoms with Crippen LogP contribution in [0.25, 0.3) is 10.2 Å². The fourth-order valence-corrected chi connectivity index (χ4v) is 4.50. The van der Waals surface area contributed by atoms with E-state index in [1.807, 2.05) is 37.3 Å². The molecule has 7 heteroatoms. The van der Waals surface area contributed by atoms with E-state index >= 15 is 0 Å². The van der Waals surface area contributed by atoms with Crippen LogP contribution in [0.5, 0.6) is 11.5 Å². The molecule has 1 heterocycles. The van der Waals surface area contributed by atoms with Crippen LogP contribution in [0.4, 0.5) is 5.13 Å². The summed E-state index contributed by atoms with van der Waals surface area (Å²) in [5, 5.41) is 10.9. The molecule has 0 saturated heterocycles. The van der Waals surface area contributed by atoms with E-state index in [1.54, 1.807) is 7.11 Å². The Morgan fingerprint density at radius 3 is 2.87 bits per heavy atom. The van der Waals surface area contributed by atoms with Gasteiger partial charge in [-0.05, 0) is 53.8 Å². The van der Waals surface area contributed by atoms with Crippen LogP contribution in [-0.4, -0.2) is 22.9 Å². The van der Waals surface area contributed by atoms with Crippen molar-refractivity contribution in [1.29, 1.82) is 0 Å². The number of rotatable bonds is 3. The van der Waals surface area contributed by atoms with Gasteiger partial charge in [-0.2, -0.15) is 0 Å². The van der Waals surface area contributed by atoms with Crippen molar-refractivity contribution in [2.45, 2.75) is 6.92 Å². The maximum absolute atomic E-state index is 10.2. The van der Waals surface area contributed by atoms with Gasteiger partial charge >= 0.3 is 0 Å². The molecule has 0 fully saturated rings. The molecule has 3 rings (SSSR count). The van der Waals surface area contributed by atoms with Gasteiger partial charge in [0.05, 0.1) is 26.6 Å². The molecule has 1 aromatic heterocycles. The summed E-state index contributed by atoms with van der Waals surface area (Å²) < 4.78 is 7.94. The summed E-state index contributed by atoms with van der Waals surface area (Å²) >= 11 is 7.05. The highest BCUT2D eigenvalue weighted by Gasteiger charge is 2.11. The van der Waals surface area contributed by atoms with Crippen LogP contribution in [0.3, 0.4) is 0 Å². The number of aromatic hydroxyl groups is 1. The van der Waals surface area contributed by atoms with Crippen LogP contribution in [0.1, 0.15) is 12.5 Å². The van der Waals surface area contributed by atoms with E-state index in [0.29, 0.717) is 16.4 Å². The van der Waals surface area contributed by atoms with Crippen molar-refractivity contribution in [3.05, 3.63) is 43.9 Å². The summed E-state index contributed by atoms with van der Waals surface area (Å²) in [5.74, 6) is 1.01. The molecule has 23 heavy (non-hydrogen) atoms. The molecule has 3 aromatic rings. The normalized spacial score (nSPS) is 11.9. The van der Waals surface area contributed by atoms with Gasteiger partial charge in [0.15, 0.2) is 0 Å². The zero-order valence-electron chi connectivity index (χ0n) is 12.3. The minimum Gasteiger partial charge on any atom is -0.506 e. The number of phenolic OH excluding ortho intramolecular Hbond substituents is 1. The molecule has 0 aliphatic carbocycles. The standard InChI is InChI=1S/C16H12BrIN2O2S/c1-8(11-5-9(17)6-12(18)15(11)21)19-16-20-13-7-10(22-2)3-4-14(13)23-16/h3-7,21H,1-2H3/b19-8+. The number of methoxy groups -OCH3 is 1. The number of ether oxygens (including phenoxy) is 1. The van der Waals surface area contributed by atoms with E-state index < -0.39 is 0 Å². The Bertz CT molecular complexity index is 924.